The lowest BCUT2D eigenvalue weighted by molar-refractivity contribution is 0.121. The van der Waals surface area contributed by atoms with Gasteiger partial charge in [0.25, 0.3) is 0 Å². The Morgan fingerprint density at radius 2 is 2.06 bits per heavy atom. The van der Waals surface area contributed by atoms with Gasteiger partial charge in [-0.15, -0.1) is 0 Å². The Kier molecular flexibility index (Phi) is 3.23. The second-order valence-corrected chi connectivity index (χ2v) is 5.64. The Morgan fingerprint density at radius 1 is 1.24 bits per heavy atom. The molecule has 0 aromatic heterocycles. The minimum atomic E-state index is -0.0747. The van der Waals surface area contributed by atoms with E-state index in [1.807, 2.05) is 4.90 Å². The van der Waals surface area contributed by atoms with Gasteiger partial charge in [-0.25, -0.2) is 4.79 Å². The summed E-state index contributed by atoms with van der Waals surface area (Å²) in [6.45, 7) is 2.77. The van der Waals surface area contributed by atoms with Gasteiger partial charge in [0.2, 0.25) is 0 Å². The highest BCUT2D eigenvalue weighted by Gasteiger charge is 2.43. The molecule has 0 bridgehead atoms. The van der Waals surface area contributed by atoms with Gasteiger partial charge in [-0.2, -0.15) is 0 Å². The van der Waals surface area contributed by atoms with E-state index in [-0.39, 0.29) is 12.2 Å². The van der Waals surface area contributed by atoms with Crippen molar-refractivity contribution in [2.75, 3.05) is 19.6 Å². The molecule has 1 N–H and O–H groups in total. The van der Waals surface area contributed by atoms with E-state index in [0.29, 0.717) is 12.0 Å². The number of hydrogen-bond donors (Lipinski definition) is 1. The van der Waals surface area contributed by atoms with Crippen LogP contribution in [0.1, 0.15) is 38.5 Å². The van der Waals surface area contributed by atoms with Gasteiger partial charge in [-0.1, -0.05) is 19.3 Å². The maximum Gasteiger partial charge on any atom is 0.410 e. The highest BCUT2D eigenvalue weighted by molar-refractivity contribution is 5.70. The summed E-state index contributed by atoms with van der Waals surface area (Å²) in [7, 11) is 0. The molecular formula is C13H22N2O2. The molecule has 96 valence electrons. The first kappa shape index (κ1) is 11.3. The SMILES string of the molecule is O=C1OC2CNCCC2N1CC1CCCCC1. The topological polar surface area (TPSA) is 41.6 Å². The molecule has 0 spiro atoms. The Morgan fingerprint density at radius 3 is 2.88 bits per heavy atom. The van der Waals surface area contributed by atoms with Gasteiger partial charge < -0.3 is 15.0 Å². The molecule has 4 heteroatoms. The van der Waals surface area contributed by atoms with E-state index < -0.39 is 0 Å². The van der Waals surface area contributed by atoms with Gasteiger partial charge in [-0.3, -0.25) is 0 Å². The van der Waals surface area contributed by atoms with Crippen LogP contribution in [0.15, 0.2) is 0 Å². The van der Waals surface area contributed by atoms with E-state index >= 15 is 0 Å². The molecule has 1 amide bonds. The van der Waals surface area contributed by atoms with E-state index in [2.05, 4.69) is 5.32 Å². The zero-order chi connectivity index (χ0) is 11.7. The molecule has 2 heterocycles. The number of carbonyl (C=O) groups is 1. The molecular weight excluding hydrogens is 216 g/mol. The van der Waals surface area contributed by atoms with Crippen LogP contribution >= 0.6 is 0 Å². The molecule has 1 aliphatic carbocycles. The van der Waals surface area contributed by atoms with Crippen LogP contribution in [-0.4, -0.2) is 42.8 Å². The van der Waals surface area contributed by atoms with Gasteiger partial charge in [-0.05, 0) is 31.7 Å². The van der Waals surface area contributed by atoms with Crippen LogP contribution in [0.25, 0.3) is 0 Å². The third kappa shape index (κ3) is 2.28. The van der Waals surface area contributed by atoms with Gasteiger partial charge >= 0.3 is 6.09 Å². The number of fused-ring (bicyclic) bond motifs is 1. The van der Waals surface area contributed by atoms with Crippen molar-refractivity contribution in [2.45, 2.75) is 50.7 Å². The number of hydrogen-bond acceptors (Lipinski definition) is 3. The molecule has 2 aliphatic heterocycles. The summed E-state index contributed by atoms with van der Waals surface area (Å²) < 4.78 is 5.44. The number of piperidine rings is 1. The Hall–Kier alpha value is -0.770. The number of amides is 1. The van der Waals surface area contributed by atoms with E-state index in [1.165, 1.54) is 32.1 Å². The summed E-state index contributed by atoms with van der Waals surface area (Å²) in [4.78, 5) is 13.9. The van der Waals surface area contributed by atoms with Crippen molar-refractivity contribution in [1.29, 1.82) is 0 Å². The molecule has 2 unspecified atom stereocenters. The van der Waals surface area contributed by atoms with Crippen molar-refractivity contribution in [3.8, 4) is 0 Å². The van der Waals surface area contributed by atoms with Crippen molar-refractivity contribution in [1.82, 2.24) is 10.2 Å². The van der Waals surface area contributed by atoms with Crippen LogP contribution in [0.4, 0.5) is 4.79 Å². The van der Waals surface area contributed by atoms with Crippen LogP contribution in [0.3, 0.4) is 0 Å². The molecule has 1 saturated carbocycles. The molecule has 4 nitrogen and oxygen atoms in total. The first-order valence-electron chi connectivity index (χ1n) is 7.02. The first-order chi connectivity index (χ1) is 8.34. The van der Waals surface area contributed by atoms with Crippen LogP contribution < -0.4 is 5.32 Å². The number of rotatable bonds is 2. The predicted molar refractivity (Wildman–Crippen MR) is 64.8 cm³/mol. The van der Waals surface area contributed by atoms with Crippen molar-refractivity contribution < 1.29 is 9.53 Å². The van der Waals surface area contributed by atoms with Crippen LogP contribution in [0.2, 0.25) is 0 Å². The fraction of sp³-hybridized carbons (Fsp3) is 0.923. The summed E-state index contributed by atoms with van der Waals surface area (Å²) in [5, 5.41) is 3.30. The summed E-state index contributed by atoms with van der Waals surface area (Å²) >= 11 is 0. The van der Waals surface area contributed by atoms with E-state index in [0.717, 1.165) is 26.1 Å². The third-order valence-electron chi connectivity index (χ3n) is 4.46. The molecule has 3 rings (SSSR count). The Bertz CT molecular complexity index is 289. The average molecular weight is 238 g/mol. The zero-order valence-corrected chi connectivity index (χ0v) is 10.4. The molecule has 3 fully saturated rings. The smallest absolute Gasteiger partial charge is 0.410 e. The molecule has 0 aromatic rings. The van der Waals surface area contributed by atoms with Gasteiger partial charge in [0, 0.05) is 13.1 Å². The number of nitrogens with one attached hydrogen (secondary N) is 1. The Balaban J connectivity index is 1.62. The molecule has 0 aromatic carbocycles. The zero-order valence-electron chi connectivity index (χ0n) is 10.4. The summed E-state index contributed by atoms with van der Waals surface area (Å²) in [6.07, 6.45) is 7.69. The lowest BCUT2D eigenvalue weighted by Crippen LogP contribution is -2.48. The summed E-state index contributed by atoms with van der Waals surface area (Å²) in [6, 6.07) is 0.339. The average Bonchev–Trinajstić information content (AvgIpc) is 2.68. The van der Waals surface area contributed by atoms with E-state index in [9.17, 15) is 4.79 Å². The maximum absolute atomic E-state index is 11.9. The molecule has 17 heavy (non-hydrogen) atoms. The Labute approximate surface area is 103 Å². The first-order valence-corrected chi connectivity index (χ1v) is 7.02. The van der Waals surface area contributed by atoms with Gasteiger partial charge in [0.05, 0.1) is 6.04 Å². The second-order valence-electron chi connectivity index (χ2n) is 5.64. The third-order valence-corrected chi connectivity index (χ3v) is 4.46. The van der Waals surface area contributed by atoms with E-state index in [4.69, 9.17) is 4.74 Å². The van der Waals surface area contributed by atoms with Crippen LogP contribution in [0.5, 0.6) is 0 Å². The maximum atomic E-state index is 11.9. The lowest BCUT2D eigenvalue weighted by atomic mass is 9.88. The molecule has 3 aliphatic rings. The quantitative estimate of drug-likeness (QED) is 0.797. The standard InChI is InChI=1S/C13H22N2O2/c16-13-15(9-10-4-2-1-3-5-10)11-6-7-14-8-12(11)17-13/h10-12,14H,1-9H2. The second kappa shape index (κ2) is 4.84. The number of carbonyl (C=O) groups excluding carboxylic acids is 1. The van der Waals surface area contributed by atoms with Crippen molar-refractivity contribution in [3.05, 3.63) is 0 Å². The molecule has 0 radical (unpaired) electrons. The highest BCUT2D eigenvalue weighted by atomic mass is 16.6. The minimum absolute atomic E-state index is 0.0747. The van der Waals surface area contributed by atoms with Gasteiger partial charge in [0.1, 0.15) is 6.10 Å². The largest absolute Gasteiger partial charge is 0.443 e. The summed E-state index contributed by atoms with van der Waals surface area (Å²) in [5.74, 6) is 0.713. The van der Waals surface area contributed by atoms with Crippen LogP contribution in [-0.2, 0) is 4.74 Å². The van der Waals surface area contributed by atoms with Gasteiger partial charge in [0.15, 0.2) is 0 Å². The molecule has 2 saturated heterocycles. The van der Waals surface area contributed by atoms with E-state index in [1.54, 1.807) is 0 Å². The minimum Gasteiger partial charge on any atom is -0.443 e. The summed E-state index contributed by atoms with van der Waals surface area (Å²) in [5.41, 5.74) is 0. The predicted octanol–water partition coefficient (Wildman–Crippen LogP) is 1.75. The normalized spacial score (nSPS) is 34.6. The fourth-order valence-electron chi connectivity index (χ4n) is 3.48. The number of nitrogens with zero attached hydrogens (tertiary/aromatic N) is 1. The monoisotopic (exact) mass is 238 g/mol. The lowest BCUT2D eigenvalue weighted by Gasteiger charge is -2.32. The van der Waals surface area contributed by atoms with Crippen molar-refractivity contribution in [3.63, 3.8) is 0 Å². The number of ether oxygens (including phenoxy) is 1. The molecule has 2 atom stereocenters. The fourth-order valence-corrected chi connectivity index (χ4v) is 3.48. The van der Waals surface area contributed by atoms with Crippen molar-refractivity contribution in [2.24, 2.45) is 5.92 Å². The van der Waals surface area contributed by atoms with Crippen molar-refractivity contribution >= 4 is 6.09 Å². The highest BCUT2D eigenvalue weighted by Crippen LogP contribution is 2.30. The van der Waals surface area contributed by atoms with Crippen LogP contribution in [0, 0.1) is 5.92 Å².